The molecule has 0 aliphatic carbocycles. The van der Waals surface area contributed by atoms with E-state index in [2.05, 4.69) is 141 Å². The van der Waals surface area contributed by atoms with E-state index < -0.39 is 54.5 Å². The van der Waals surface area contributed by atoms with Crippen LogP contribution in [0.15, 0.2) is 309 Å². The Labute approximate surface area is 897 Å². The van der Waals surface area contributed by atoms with Crippen molar-refractivity contribution < 1.29 is 198 Å². The molecule has 4 N–H and O–H groups in total. The van der Waals surface area contributed by atoms with Crippen molar-refractivity contribution in [1.29, 1.82) is 0 Å². The fraction of sp³-hybridized carbons (Fsp3) is 0.0865. The number of methoxy groups -OCH3 is 2. The number of hydrogen-bond donors (Lipinski definition) is 4. The predicted molar refractivity (Wildman–Crippen MR) is 537 cm³/mol. The number of halogens is 11. The van der Waals surface area contributed by atoms with Crippen LogP contribution in [0.3, 0.4) is 0 Å². The second-order valence-electron chi connectivity index (χ2n) is 31.1. The van der Waals surface area contributed by atoms with E-state index in [1.165, 1.54) is 87.0 Å². The molecule has 135 heavy (non-hydrogen) atoms. The zero-order chi connectivity index (χ0) is 93.3. The minimum Gasteiger partial charge on any atom is -1.00 e. The molecule has 0 bridgehead atoms. The molecule has 22 rings (SSSR count). The Morgan fingerprint density at radius 1 is 0.378 bits per heavy atom. The van der Waals surface area contributed by atoms with Crippen LogP contribution in [0.4, 0.5) is 22.0 Å². The van der Waals surface area contributed by atoms with Gasteiger partial charge in [0, 0.05) is 142 Å². The first-order valence-electron chi connectivity index (χ1n) is 40.8. The molecule has 1 aliphatic heterocycles. The molecule has 0 unspecified atom stereocenters. The summed E-state index contributed by atoms with van der Waals surface area (Å²) in [7, 11) is 0.797. The summed E-state index contributed by atoms with van der Waals surface area (Å²) in [6.45, 7) is 8.10. The van der Waals surface area contributed by atoms with E-state index in [9.17, 15) is 27.8 Å². The van der Waals surface area contributed by atoms with E-state index in [1.54, 1.807) is 60.7 Å². The van der Waals surface area contributed by atoms with Crippen LogP contribution in [0.5, 0.6) is 23.0 Å². The number of phenols is 2. The van der Waals surface area contributed by atoms with E-state index in [0.29, 0.717) is 38.4 Å². The maximum Gasteiger partial charge on any atom is 1.00 e. The third-order valence-electron chi connectivity index (χ3n) is 23.1. The van der Waals surface area contributed by atoms with Crippen molar-refractivity contribution >= 4 is 248 Å². The van der Waals surface area contributed by atoms with Gasteiger partial charge in [0.15, 0.2) is 5.58 Å². The van der Waals surface area contributed by atoms with Crippen LogP contribution < -0.4 is 128 Å². The van der Waals surface area contributed by atoms with Crippen molar-refractivity contribution in [3.8, 4) is 67.5 Å². The smallest absolute Gasteiger partial charge is 1.00 e. The van der Waals surface area contributed by atoms with Gasteiger partial charge in [-0.3, -0.25) is 4.79 Å². The predicted octanol–water partition coefficient (Wildman–Crippen LogP) is 22.7. The number of hydrogen-bond acceptors (Lipinski definition) is 15. The van der Waals surface area contributed by atoms with Gasteiger partial charge in [-0.05, 0) is 76.2 Å². The molecule has 1 fully saturated rings. The maximum absolute atomic E-state index is 15.1. The Hall–Kier alpha value is -9.12. The average Bonchev–Trinajstić information content (AvgIpc) is 1.56. The summed E-state index contributed by atoms with van der Waals surface area (Å²) in [6.07, 6.45) is 0. The normalized spacial score (nSPS) is 12.3. The number of phenolic OH excluding ortho intramolecular Hbond substituents is 2. The molecule has 0 spiro atoms. The Balaban J connectivity index is 0.000000152. The van der Waals surface area contributed by atoms with Gasteiger partial charge in [0.2, 0.25) is 0 Å². The number of rotatable bonds is 9. The first kappa shape index (κ1) is 103. The summed E-state index contributed by atoms with van der Waals surface area (Å²) in [4.78, 5) is 11.2. The van der Waals surface area contributed by atoms with Crippen molar-refractivity contribution in [2.75, 3.05) is 14.2 Å². The first-order valence-corrected chi connectivity index (χ1v) is 44.6. The maximum atomic E-state index is 15.1. The van der Waals surface area contributed by atoms with E-state index in [1.807, 2.05) is 97.1 Å². The minimum atomic E-state index is -1.72. The molecule has 4 aromatic heterocycles. The molecule has 1 saturated heterocycles. The largest absolute Gasteiger partial charge is 1.00 e. The summed E-state index contributed by atoms with van der Waals surface area (Å²) < 4.78 is 122. The number of ether oxygens (including phenoxy) is 2. The summed E-state index contributed by atoms with van der Waals surface area (Å²) in [5.41, 5.74) is 8.04. The van der Waals surface area contributed by atoms with Gasteiger partial charge in [-0.15, -0.1) is 47.3 Å². The van der Waals surface area contributed by atoms with Crippen LogP contribution in [0.1, 0.15) is 36.5 Å². The van der Waals surface area contributed by atoms with Gasteiger partial charge in [-0.1, -0.05) is 285 Å². The summed E-state index contributed by atoms with van der Waals surface area (Å²) in [5.74, 6) is -2.69. The molecule has 0 atom stereocenters. The number of fused-ring (bicyclic) bond motifs is 22. The molecule has 31 heteroatoms. The minimum absolute atomic E-state index is 0. The standard InChI is InChI=1S/C28H23BO4.C24H17ClF2O2.C22H13ClF2O2.C22H11ClO2.C6H6BFO2.CH2O3.CH4.BBr3.2K.H/c1-27(2)28(3,4)33-29(32-27)20-14-9-13-19-23-22-18-12-7-8-15-21(18)30-25(22)16-10-5-6-11-17(16)26(23)31-24(19)20;1-28-23-14-8-3-4-9-15(14)24(29-2)21(17-11-7-12-18(25)22(17)27)20(23)16-10-5-6-13-19(16)26;23-16-10-5-9-15(20(16)25)19-18(14-8-3-4-11-17(14)24)21(26)12-6-1-2-7-13(12)22(19)27;23-16-10-5-9-15-19-18-14-8-3-4-11-17(14)24-21(18)12-6-1-2-7-13(12)22(19)25-20(15)16;8-6-4-2-1-3-5(6)7(9)10;2-1-4-3;;2-1(3)4;;;/h5-15H,1-4H3;3-13H,1-2H3;1-11,26-27H;1-11H;1-4,9-10H;1,3H;1H4;;;;/q;;;;;;;;2*+1;-1/p-1. The summed E-state index contributed by atoms with van der Waals surface area (Å²) in [6, 6.07) is 85.6. The van der Waals surface area contributed by atoms with Crippen LogP contribution in [0, 0.1) is 29.1 Å². The molecule has 15 nitrogen and oxygen atoms in total. The van der Waals surface area contributed by atoms with Crippen LogP contribution in [0.25, 0.3) is 175 Å². The quantitative estimate of drug-likeness (QED) is 0.0264. The Bertz CT molecular complexity index is 8020. The van der Waals surface area contributed by atoms with Crippen LogP contribution >= 0.6 is 82.1 Å². The third-order valence-corrected chi connectivity index (χ3v) is 24.0. The second kappa shape index (κ2) is 44.3. The first-order chi connectivity index (χ1) is 63.6. The van der Waals surface area contributed by atoms with Gasteiger partial charge in [-0.25, -0.2) is 22.0 Å². The van der Waals surface area contributed by atoms with Crippen LogP contribution in [0.2, 0.25) is 15.1 Å². The van der Waals surface area contributed by atoms with Crippen molar-refractivity contribution in [2.24, 2.45) is 0 Å². The van der Waals surface area contributed by atoms with Gasteiger partial charge >= 0.3 is 120 Å². The van der Waals surface area contributed by atoms with Crippen molar-refractivity contribution in [2.45, 2.75) is 46.3 Å². The number of furan rings is 4. The fourth-order valence-corrected chi connectivity index (χ4v) is 17.2. The van der Waals surface area contributed by atoms with Crippen LogP contribution in [-0.2, 0) is 19.0 Å². The number of carbonyl (C=O) groups is 1. The van der Waals surface area contributed by atoms with Gasteiger partial charge in [-0.2, -0.15) is 0 Å². The number of aromatic hydroxyl groups is 2. The van der Waals surface area contributed by atoms with E-state index in [-0.39, 0.29) is 182 Å². The average molecular weight is 2120 g/mol. The topological polar surface area (TPSA) is 220 Å². The molecule has 5 heterocycles. The number of carbonyl (C=O) groups excluding carboxylic acids is 1. The van der Waals surface area contributed by atoms with Crippen LogP contribution in [-0.4, -0.2) is 69.6 Å². The van der Waals surface area contributed by atoms with E-state index >= 15 is 4.39 Å². The van der Waals surface area contributed by atoms with Gasteiger partial charge < -0.3 is 68.3 Å². The molecule has 0 radical (unpaired) electrons. The van der Waals surface area contributed by atoms with Crippen molar-refractivity contribution in [3.05, 3.63) is 335 Å². The molecule has 1 aliphatic rings. The number of para-hydroxylation sites is 4. The molecule has 21 aromatic rings. The molecule has 0 amide bonds. The van der Waals surface area contributed by atoms with Crippen molar-refractivity contribution in [1.82, 2.24) is 0 Å². The number of benzene rings is 17. The summed E-state index contributed by atoms with van der Waals surface area (Å²) in [5, 5.41) is 62.6. The zero-order valence-electron chi connectivity index (χ0n) is 73.5. The Morgan fingerprint density at radius 2 is 0.674 bits per heavy atom. The van der Waals surface area contributed by atoms with E-state index in [4.69, 9.17) is 91.4 Å². The fourth-order valence-electron chi connectivity index (χ4n) is 16.6. The third kappa shape index (κ3) is 20.2. The SMILES string of the molecule is BrB(Br)Br.C.CC1(C)OB(c2cccc3c2oc2c4ccccc4c4oc5ccccc5c4c32)OC1(C)C.COc1c(-c2ccccc2F)c(-c2cccc(Cl)c2F)c(OC)c2ccccc12.Clc1cccc2c1oc1c3ccccc3c3oc4ccccc4c3c21.O=CO[O-].OB(O)c1ccccc1F.Oc1c(-c2ccccc2F)c(-c2cccc(Cl)c2F)c(O)c2ccccc12.[H-].[K+].[K+]. The van der Waals surface area contributed by atoms with Gasteiger partial charge in [0.05, 0.1) is 40.5 Å². The monoisotopic (exact) mass is 2110 g/mol. The Morgan fingerprint density at radius 3 is 1.08 bits per heavy atom. The van der Waals surface area contributed by atoms with E-state index in [0.717, 1.165) is 126 Å². The summed E-state index contributed by atoms with van der Waals surface area (Å²) >= 11 is 27.7. The Kier molecular flexibility index (Phi) is 33.9. The molecule has 17 aromatic carbocycles. The zero-order valence-corrected chi connectivity index (χ0v) is 85.7. The molecule has 0 saturated carbocycles. The second-order valence-corrected chi connectivity index (χ2v) is 38.7. The van der Waals surface area contributed by atoms with Gasteiger partial charge in [0.25, 0.3) is 6.47 Å². The van der Waals surface area contributed by atoms with Crippen molar-refractivity contribution in [3.63, 3.8) is 0 Å². The molecular weight excluding hydrogens is 2040 g/mol. The molecular formula is C104H76B3Br3Cl3F5K2O15. The van der Waals surface area contributed by atoms with Gasteiger partial charge in [0.1, 0.15) is 91.2 Å². The molecule has 670 valence electrons.